The van der Waals surface area contributed by atoms with Crippen molar-refractivity contribution in [3.63, 3.8) is 0 Å². The van der Waals surface area contributed by atoms with Crippen LogP contribution in [0.4, 0.5) is 0 Å². The average molecular weight is 364 g/mol. The van der Waals surface area contributed by atoms with Crippen LogP contribution in [-0.4, -0.2) is 35.0 Å². The summed E-state index contributed by atoms with van der Waals surface area (Å²) in [6.07, 6.45) is 4.51. The fourth-order valence-corrected chi connectivity index (χ4v) is 3.37. The van der Waals surface area contributed by atoms with Crippen molar-refractivity contribution in [3.05, 3.63) is 39.9 Å². The highest BCUT2D eigenvalue weighted by Gasteiger charge is 2.17. The molecule has 9 heteroatoms. The van der Waals surface area contributed by atoms with Crippen LogP contribution in [0.15, 0.2) is 18.2 Å². The molecule has 1 aliphatic rings. The lowest BCUT2D eigenvalue weighted by Gasteiger charge is -2.05. The lowest BCUT2D eigenvalue weighted by Crippen LogP contribution is -2.12. The molecule has 124 valence electrons. The van der Waals surface area contributed by atoms with E-state index in [1.165, 1.54) is 17.6 Å². The van der Waals surface area contributed by atoms with Crippen LogP contribution in [0.2, 0.25) is 10.0 Å². The number of fused-ring (bicyclic) bond motifs is 1. The molecule has 24 heavy (non-hydrogen) atoms. The number of rotatable bonds is 3. The Morgan fingerprint density at radius 2 is 1.96 bits per heavy atom. The quantitative estimate of drug-likeness (QED) is 0.714. The number of aromatic nitrogens is 7. The van der Waals surface area contributed by atoms with Crippen molar-refractivity contribution < 1.29 is 0 Å². The number of hydrogen-bond donors (Lipinski definition) is 0. The Morgan fingerprint density at radius 3 is 2.83 bits per heavy atom. The van der Waals surface area contributed by atoms with Crippen LogP contribution < -0.4 is 0 Å². The fourth-order valence-electron chi connectivity index (χ4n) is 2.88. The maximum atomic E-state index is 6.20. The second kappa shape index (κ2) is 6.49. The maximum Gasteiger partial charge on any atom is 0.206 e. The number of hydrogen-bond acceptors (Lipinski definition) is 5. The van der Waals surface area contributed by atoms with E-state index in [9.17, 15) is 0 Å². The average Bonchev–Trinajstić information content (AvgIpc) is 3.09. The van der Waals surface area contributed by atoms with E-state index in [2.05, 4.69) is 30.2 Å². The van der Waals surface area contributed by atoms with Crippen molar-refractivity contribution >= 4 is 23.2 Å². The lowest BCUT2D eigenvalue weighted by atomic mass is 10.2. The standard InChI is InChI=1S/C15H15Cl2N7/c16-10-5-6-11(12(17)8-10)15-20-22-24(21-15)9-14-19-18-13-4-2-1-3-7-23(13)14/h5-6,8H,1-4,7,9H2. The topological polar surface area (TPSA) is 74.3 Å². The normalized spacial score (nSPS) is 14.4. The summed E-state index contributed by atoms with van der Waals surface area (Å²) >= 11 is 12.1. The summed E-state index contributed by atoms with van der Waals surface area (Å²) < 4.78 is 2.17. The van der Waals surface area contributed by atoms with Crippen molar-refractivity contribution in [2.75, 3.05) is 0 Å². The predicted octanol–water partition coefficient (Wildman–Crippen LogP) is 3.01. The van der Waals surface area contributed by atoms with Gasteiger partial charge in [-0.3, -0.25) is 0 Å². The summed E-state index contributed by atoms with van der Waals surface area (Å²) in [5.74, 6) is 2.37. The van der Waals surface area contributed by atoms with Gasteiger partial charge in [-0.05, 0) is 36.3 Å². The Balaban J connectivity index is 1.59. The molecule has 0 N–H and O–H groups in total. The molecule has 2 aromatic heterocycles. The van der Waals surface area contributed by atoms with Gasteiger partial charge in [-0.25, -0.2) is 0 Å². The van der Waals surface area contributed by atoms with Crippen LogP contribution in [0.1, 0.15) is 30.9 Å². The Morgan fingerprint density at radius 1 is 1.04 bits per heavy atom. The van der Waals surface area contributed by atoms with Crippen molar-refractivity contribution in [2.45, 2.75) is 38.8 Å². The van der Waals surface area contributed by atoms with E-state index in [-0.39, 0.29) is 0 Å². The summed E-state index contributed by atoms with van der Waals surface area (Å²) in [5, 5.41) is 22.2. The van der Waals surface area contributed by atoms with Gasteiger partial charge in [-0.2, -0.15) is 4.80 Å². The molecule has 0 amide bonds. The van der Waals surface area contributed by atoms with Crippen molar-refractivity contribution in [3.8, 4) is 11.4 Å². The summed E-state index contributed by atoms with van der Waals surface area (Å²) in [4.78, 5) is 1.52. The van der Waals surface area contributed by atoms with E-state index in [4.69, 9.17) is 23.2 Å². The minimum Gasteiger partial charge on any atom is -0.313 e. The third-order valence-corrected chi connectivity index (χ3v) is 4.64. The molecule has 0 fully saturated rings. The van der Waals surface area contributed by atoms with Gasteiger partial charge in [0, 0.05) is 23.6 Å². The van der Waals surface area contributed by atoms with Crippen LogP contribution in [0.5, 0.6) is 0 Å². The number of benzene rings is 1. The second-order valence-electron chi connectivity index (χ2n) is 5.76. The Bertz CT molecular complexity index is 871. The van der Waals surface area contributed by atoms with Crippen LogP contribution in [0.25, 0.3) is 11.4 Å². The summed E-state index contributed by atoms with van der Waals surface area (Å²) in [6.45, 7) is 1.38. The number of halogens is 2. The first-order chi connectivity index (χ1) is 11.7. The largest absolute Gasteiger partial charge is 0.313 e. The molecule has 3 aromatic rings. The van der Waals surface area contributed by atoms with Gasteiger partial charge in [0.05, 0.1) is 5.02 Å². The van der Waals surface area contributed by atoms with Crippen molar-refractivity contribution in [1.82, 2.24) is 35.0 Å². The summed E-state index contributed by atoms with van der Waals surface area (Å²) in [7, 11) is 0. The first-order valence-electron chi connectivity index (χ1n) is 7.85. The third-order valence-electron chi connectivity index (χ3n) is 4.09. The van der Waals surface area contributed by atoms with E-state index in [0.717, 1.165) is 31.0 Å². The highest BCUT2D eigenvalue weighted by atomic mass is 35.5. The zero-order valence-corrected chi connectivity index (χ0v) is 14.4. The molecule has 0 spiro atoms. The third kappa shape index (κ3) is 3.01. The van der Waals surface area contributed by atoms with Gasteiger partial charge in [-0.1, -0.05) is 29.6 Å². The smallest absolute Gasteiger partial charge is 0.206 e. The molecule has 0 radical (unpaired) electrons. The first kappa shape index (κ1) is 15.5. The van der Waals surface area contributed by atoms with Crippen molar-refractivity contribution in [1.29, 1.82) is 0 Å². The zero-order valence-electron chi connectivity index (χ0n) is 12.9. The Kier molecular flexibility index (Phi) is 4.20. The zero-order chi connectivity index (χ0) is 16.5. The van der Waals surface area contributed by atoms with Gasteiger partial charge >= 0.3 is 0 Å². The SMILES string of the molecule is Clc1ccc(-c2nnn(Cc3nnc4n3CCCCC4)n2)c(Cl)c1. The summed E-state index contributed by atoms with van der Waals surface area (Å²) in [5.41, 5.74) is 0.701. The van der Waals surface area contributed by atoms with Crippen LogP contribution in [0.3, 0.4) is 0 Å². The molecule has 0 saturated carbocycles. The van der Waals surface area contributed by atoms with E-state index in [1.807, 2.05) is 0 Å². The monoisotopic (exact) mass is 363 g/mol. The fraction of sp³-hybridized carbons (Fsp3) is 0.400. The van der Waals surface area contributed by atoms with E-state index >= 15 is 0 Å². The molecular weight excluding hydrogens is 349 g/mol. The van der Waals surface area contributed by atoms with Gasteiger partial charge in [0.15, 0.2) is 5.82 Å². The predicted molar refractivity (Wildman–Crippen MR) is 90.0 cm³/mol. The molecule has 0 atom stereocenters. The van der Waals surface area contributed by atoms with Gasteiger partial charge in [0.1, 0.15) is 12.4 Å². The van der Waals surface area contributed by atoms with E-state index in [0.29, 0.717) is 28.0 Å². The molecule has 1 aromatic carbocycles. The minimum atomic E-state index is 0.436. The molecule has 0 unspecified atom stereocenters. The van der Waals surface area contributed by atoms with Gasteiger partial charge in [0.2, 0.25) is 5.82 Å². The molecule has 0 bridgehead atoms. The number of tetrazole rings is 1. The molecule has 7 nitrogen and oxygen atoms in total. The van der Waals surface area contributed by atoms with E-state index in [1.54, 1.807) is 18.2 Å². The molecule has 0 aliphatic carbocycles. The number of aryl methyl sites for hydroxylation is 1. The van der Waals surface area contributed by atoms with Crippen LogP contribution in [-0.2, 0) is 19.5 Å². The van der Waals surface area contributed by atoms with Gasteiger partial charge in [-0.15, -0.1) is 20.4 Å². The van der Waals surface area contributed by atoms with Gasteiger partial charge in [0.25, 0.3) is 0 Å². The first-order valence-corrected chi connectivity index (χ1v) is 8.60. The highest BCUT2D eigenvalue weighted by molar-refractivity contribution is 6.36. The molecule has 4 rings (SSSR count). The number of nitrogens with zero attached hydrogens (tertiary/aromatic N) is 7. The van der Waals surface area contributed by atoms with Crippen molar-refractivity contribution in [2.24, 2.45) is 0 Å². The molecular formula is C15H15Cl2N7. The van der Waals surface area contributed by atoms with E-state index < -0.39 is 0 Å². The Hall–Kier alpha value is -1.99. The molecule has 0 saturated heterocycles. The summed E-state index contributed by atoms with van der Waals surface area (Å²) in [6, 6.07) is 5.20. The van der Waals surface area contributed by atoms with Gasteiger partial charge < -0.3 is 4.57 Å². The van der Waals surface area contributed by atoms with Crippen LogP contribution in [0, 0.1) is 0 Å². The maximum absolute atomic E-state index is 6.20. The molecule has 1 aliphatic heterocycles. The highest BCUT2D eigenvalue weighted by Crippen LogP contribution is 2.27. The lowest BCUT2D eigenvalue weighted by molar-refractivity contribution is 0.519. The second-order valence-corrected chi connectivity index (χ2v) is 6.61. The van der Waals surface area contributed by atoms with Crippen LogP contribution >= 0.6 is 23.2 Å². The minimum absolute atomic E-state index is 0.436. The molecule has 3 heterocycles. The Labute approximate surface area is 148 Å².